The molecule has 15 heavy (non-hydrogen) atoms. The Morgan fingerprint density at radius 1 is 1.53 bits per heavy atom. The molecule has 0 amide bonds. The van der Waals surface area contributed by atoms with E-state index in [9.17, 15) is 0 Å². The predicted octanol–water partition coefficient (Wildman–Crippen LogP) is 1.31. The van der Waals surface area contributed by atoms with E-state index in [1.54, 1.807) is 0 Å². The third-order valence-corrected chi connectivity index (χ3v) is 3.30. The molecule has 2 atom stereocenters. The molecule has 1 saturated heterocycles. The molecule has 3 nitrogen and oxygen atoms in total. The first-order valence-corrected chi connectivity index (χ1v) is 5.58. The van der Waals surface area contributed by atoms with Crippen molar-refractivity contribution in [2.75, 3.05) is 6.54 Å². The largest absolute Gasteiger partial charge is 0.326 e. The number of aromatic nitrogens is 1. The highest BCUT2D eigenvalue weighted by molar-refractivity contribution is 5.13. The average Bonchev–Trinajstić information content (AvgIpc) is 2.53. The van der Waals surface area contributed by atoms with Gasteiger partial charge >= 0.3 is 0 Å². The van der Waals surface area contributed by atoms with Crippen LogP contribution in [0.2, 0.25) is 0 Å². The van der Waals surface area contributed by atoms with Crippen molar-refractivity contribution in [3.05, 3.63) is 29.6 Å². The summed E-state index contributed by atoms with van der Waals surface area (Å²) in [4.78, 5) is 6.73. The van der Waals surface area contributed by atoms with E-state index in [0.717, 1.165) is 25.2 Å². The lowest BCUT2D eigenvalue weighted by molar-refractivity contribution is 0.251. The van der Waals surface area contributed by atoms with Crippen LogP contribution < -0.4 is 5.73 Å². The first kappa shape index (κ1) is 10.6. The Balaban J connectivity index is 2.00. The molecule has 1 aromatic heterocycles. The van der Waals surface area contributed by atoms with E-state index in [-0.39, 0.29) is 0 Å². The molecule has 0 aromatic carbocycles. The Bertz CT molecular complexity index is 320. The molecular formula is C12H19N3. The van der Waals surface area contributed by atoms with Crippen molar-refractivity contribution in [2.24, 2.45) is 5.73 Å². The summed E-state index contributed by atoms with van der Waals surface area (Å²) in [5.41, 5.74) is 8.34. The first-order chi connectivity index (χ1) is 7.16. The van der Waals surface area contributed by atoms with Crippen LogP contribution in [0.3, 0.4) is 0 Å². The van der Waals surface area contributed by atoms with E-state index in [0.29, 0.717) is 12.1 Å². The van der Waals surface area contributed by atoms with Gasteiger partial charge in [-0.3, -0.25) is 9.88 Å². The Labute approximate surface area is 91.3 Å². The van der Waals surface area contributed by atoms with E-state index in [1.165, 1.54) is 5.56 Å². The van der Waals surface area contributed by atoms with E-state index in [1.807, 2.05) is 13.1 Å². The van der Waals surface area contributed by atoms with Gasteiger partial charge in [-0.25, -0.2) is 0 Å². The minimum atomic E-state index is 0.336. The molecule has 3 heteroatoms. The van der Waals surface area contributed by atoms with Gasteiger partial charge in [0, 0.05) is 37.1 Å². The zero-order chi connectivity index (χ0) is 10.8. The van der Waals surface area contributed by atoms with Crippen LogP contribution in [0.1, 0.15) is 24.6 Å². The van der Waals surface area contributed by atoms with Gasteiger partial charge in [0.1, 0.15) is 0 Å². The Hall–Kier alpha value is -0.930. The molecule has 1 fully saturated rings. The second-order valence-electron chi connectivity index (χ2n) is 4.47. The predicted molar refractivity (Wildman–Crippen MR) is 61.4 cm³/mol. The molecule has 0 radical (unpaired) electrons. The summed E-state index contributed by atoms with van der Waals surface area (Å²) in [6.45, 7) is 6.30. The summed E-state index contributed by atoms with van der Waals surface area (Å²) in [6, 6.07) is 5.05. The van der Waals surface area contributed by atoms with Gasteiger partial charge in [0.2, 0.25) is 0 Å². The maximum absolute atomic E-state index is 5.99. The quantitative estimate of drug-likeness (QED) is 0.791. The molecule has 82 valence electrons. The summed E-state index contributed by atoms with van der Waals surface area (Å²) in [5, 5.41) is 0. The Morgan fingerprint density at radius 3 is 2.87 bits per heavy atom. The molecule has 0 aliphatic carbocycles. The summed E-state index contributed by atoms with van der Waals surface area (Å²) >= 11 is 0. The molecule has 2 unspecified atom stereocenters. The number of nitrogens with two attached hydrogens (primary N) is 1. The minimum absolute atomic E-state index is 0.336. The smallest absolute Gasteiger partial charge is 0.0372 e. The van der Waals surface area contributed by atoms with Gasteiger partial charge in [-0.2, -0.15) is 0 Å². The van der Waals surface area contributed by atoms with Crippen molar-refractivity contribution in [2.45, 2.75) is 38.9 Å². The number of hydrogen-bond donors (Lipinski definition) is 1. The molecule has 1 aromatic rings. The van der Waals surface area contributed by atoms with Gasteiger partial charge in [0.15, 0.2) is 0 Å². The molecule has 1 aliphatic rings. The van der Waals surface area contributed by atoms with Crippen molar-refractivity contribution >= 4 is 0 Å². The summed E-state index contributed by atoms with van der Waals surface area (Å²) in [7, 11) is 0. The highest BCUT2D eigenvalue weighted by atomic mass is 15.2. The van der Waals surface area contributed by atoms with Crippen molar-refractivity contribution < 1.29 is 0 Å². The number of rotatable bonds is 2. The Kier molecular flexibility index (Phi) is 3.03. The highest BCUT2D eigenvalue weighted by Gasteiger charge is 2.27. The number of nitrogens with zero attached hydrogens (tertiary/aromatic N) is 2. The number of likely N-dealkylation sites (tertiary alicyclic amines) is 1. The highest BCUT2D eigenvalue weighted by Crippen LogP contribution is 2.18. The van der Waals surface area contributed by atoms with Crippen LogP contribution >= 0.6 is 0 Å². The summed E-state index contributed by atoms with van der Waals surface area (Å²) < 4.78 is 0. The van der Waals surface area contributed by atoms with E-state index in [2.05, 4.69) is 28.9 Å². The van der Waals surface area contributed by atoms with Crippen molar-refractivity contribution in [3.8, 4) is 0 Å². The van der Waals surface area contributed by atoms with E-state index in [4.69, 9.17) is 5.73 Å². The van der Waals surface area contributed by atoms with Gasteiger partial charge in [-0.1, -0.05) is 6.07 Å². The lowest BCUT2D eigenvalue weighted by atomic mass is 10.1. The van der Waals surface area contributed by atoms with Gasteiger partial charge < -0.3 is 5.73 Å². The second kappa shape index (κ2) is 4.29. The van der Waals surface area contributed by atoms with Gasteiger partial charge in [-0.15, -0.1) is 0 Å². The fourth-order valence-corrected chi connectivity index (χ4v) is 2.08. The van der Waals surface area contributed by atoms with Crippen LogP contribution in [-0.4, -0.2) is 28.5 Å². The van der Waals surface area contributed by atoms with Crippen molar-refractivity contribution in [1.82, 2.24) is 9.88 Å². The standard InChI is InChI=1S/C12H19N3/c1-9-3-4-11(7-14-9)8-15-6-5-12(13)10(15)2/h3-4,7,10,12H,5-6,8,13H2,1-2H3. The van der Waals surface area contributed by atoms with Crippen LogP contribution in [-0.2, 0) is 6.54 Å². The molecule has 1 aliphatic heterocycles. The second-order valence-corrected chi connectivity index (χ2v) is 4.47. The molecule has 2 N–H and O–H groups in total. The third-order valence-electron chi connectivity index (χ3n) is 3.30. The molecule has 0 spiro atoms. The zero-order valence-corrected chi connectivity index (χ0v) is 9.48. The van der Waals surface area contributed by atoms with Crippen LogP contribution in [0.25, 0.3) is 0 Å². The summed E-state index contributed by atoms with van der Waals surface area (Å²) in [6.07, 6.45) is 3.08. The van der Waals surface area contributed by atoms with Crippen LogP contribution in [0.5, 0.6) is 0 Å². The Morgan fingerprint density at radius 2 is 2.33 bits per heavy atom. The molecule has 2 heterocycles. The van der Waals surface area contributed by atoms with Gasteiger partial charge in [-0.05, 0) is 31.9 Å². The van der Waals surface area contributed by atoms with Crippen LogP contribution in [0.15, 0.2) is 18.3 Å². The SMILES string of the molecule is Cc1ccc(CN2CCC(N)C2C)cn1. The monoisotopic (exact) mass is 205 g/mol. The van der Waals surface area contributed by atoms with Crippen LogP contribution in [0, 0.1) is 6.92 Å². The topological polar surface area (TPSA) is 42.1 Å². The first-order valence-electron chi connectivity index (χ1n) is 5.58. The van der Waals surface area contributed by atoms with Crippen molar-refractivity contribution in [1.29, 1.82) is 0 Å². The lowest BCUT2D eigenvalue weighted by Crippen LogP contribution is -2.36. The van der Waals surface area contributed by atoms with Gasteiger partial charge in [0.05, 0.1) is 0 Å². The normalized spacial score (nSPS) is 27.1. The third kappa shape index (κ3) is 2.36. The van der Waals surface area contributed by atoms with Gasteiger partial charge in [0.25, 0.3) is 0 Å². The zero-order valence-electron chi connectivity index (χ0n) is 9.48. The maximum Gasteiger partial charge on any atom is 0.0372 e. The van der Waals surface area contributed by atoms with E-state index < -0.39 is 0 Å². The van der Waals surface area contributed by atoms with Crippen molar-refractivity contribution in [3.63, 3.8) is 0 Å². The van der Waals surface area contributed by atoms with Crippen LogP contribution in [0.4, 0.5) is 0 Å². The molecule has 2 rings (SSSR count). The molecule has 0 bridgehead atoms. The fraction of sp³-hybridized carbons (Fsp3) is 0.583. The average molecular weight is 205 g/mol. The summed E-state index contributed by atoms with van der Waals surface area (Å²) in [5.74, 6) is 0. The fourth-order valence-electron chi connectivity index (χ4n) is 2.08. The maximum atomic E-state index is 5.99. The number of aryl methyl sites for hydroxylation is 1. The lowest BCUT2D eigenvalue weighted by Gasteiger charge is -2.22. The number of hydrogen-bond acceptors (Lipinski definition) is 3. The minimum Gasteiger partial charge on any atom is -0.326 e. The molecular weight excluding hydrogens is 186 g/mol. The van der Waals surface area contributed by atoms with E-state index >= 15 is 0 Å². The number of pyridine rings is 1. The molecule has 0 saturated carbocycles.